The molecule has 1 aromatic heterocycles. The minimum Gasteiger partial charge on any atom is -0.207 e. The van der Waals surface area contributed by atoms with Crippen LogP contribution in [-0.4, -0.2) is 0 Å². The van der Waals surface area contributed by atoms with Gasteiger partial charge in [-0.2, -0.15) is 0 Å². The van der Waals surface area contributed by atoms with Gasteiger partial charge in [0.25, 0.3) is 0 Å². The van der Waals surface area contributed by atoms with Crippen molar-refractivity contribution in [3.05, 3.63) is 57.5 Å². The molecule has 1 unspecified atom stereocenters. The van der Waals surface area contributed by atoms with Crippen molar-refractivity contribution in [1.82, 2.24) is 0 Å². The van der Waals surface area contributed by atoms with E-state index in [1.807, 2.05) is 6.07 Å². The minimum absolute atomic E-state index is 0.0642. The summed E-state index contributed by atoms with van der Waals surface area (Å²) in [5.74, 6) is -0.190. The Bertz CT molecular complexity index is 539. The van der Waals surface area contributed by atoms with Gasteiger partial charge in [0.15, 0.2) is 0 Å². The van der Waals surface area contributed by atoms with Crippen molar-refractivity contribution in [3.8, 4) is 0 Å². The largest absolute Gasteiger partial charge is 0.207 e. The van der Waals surface area contributed by atoms with Gasteiger partial charge in [0.05, 0.1) is 4.83 Å². The molecule has 1 aromatic carbocycles. The molecule has 0 bridgehead atoms. The highest BCUT2D eigenvalue weighted by Crippen LogP contribution is 2.38. The van der Waals surface area contributed by atoms with Gasteiger partial charge in [0, 0.05) is 9.75 Å². The van der Waals surface area contributed by atoms with E-state index in [-0.39, 0.29) is 16.1 Å². The zero-order valence-corrected chi connectivity index (χ0v) is 13.1. The minimum atomic E-state index is -0.190. The predicted octanol–water partition coefficient (Wildman–Crippen LogP) is 5.67. The molecule has 96 valence electrons. The zero-order valence-electron chi connectivity index (χ0n) is 10.7. The van der Waals surface area contributed by atoms with Gasteiger partial charge < -0.3 is 0 Å². The van der Waals surface area contributed by atoms with Crippen LogP contribution in [0.4, 0.5) is 4.39 Å². The van der Waals surface area contributed by atoms with E-state index in [1.165, 1.54) is 15.8 Å². The molecule has 1 atom stereocenters. The lowest BCUT2D eigenvalue weighted by Crippen LogP contribution is -2.07. The van der Waals surface area contributed by atoms with Gasteiger partial charge in [-0.3, -0.25) is 0 Å². The van der Waals surface area contributed by atoms with Crippen molar-refractivity contribution < 1.29 is 4.39 Å². The molecule has 1 heterocycles. The van der Waals surface area contributed by atoms with E-state index >= 15 is 0 Å². The van der Waals surface area contributed by atoms with E-state index in [4.69, 9.17) is 0 Å². The molecule has 0 radical (unpaired) electrons. The number of halogens is 2. The Labute approximate surface area is 120 Å². The van der Waals surface area contributed by atoms with Crippen LogP contribution in [0.3, 0.4) is 0 Å². The first-order chi connectivity index (χ1) is 8.38. The Morgan fingerprint density at radius 2 is 1.89 bits per heavy atom. The van der Waals surface area contributed by atoms with Crippen molar-refractivity contribution in [2.75, 3.05) is 0 Å². The Morgan fingerprint density at radius 3 is 2.44 bits per heavy atom. The molecule has 0 fully saturated rings. The van der Waals surface area contributed by atoms with Crippen LogP contribution >= 0.6 is 27.3 Å². The van der Waals surface area contributed by atoms with Gasteiger partial charge in [-0.15, -0.1) is 11.3 Å². The normalized spacial score (nSPS) is 13.6. The molecule has 0 spiro atoms. The highest BCUT2D eigenvalue weighted by atomic mass is 79.9. The van der Waals surface area contributed by atoms with Crippen molar-refractivity contribution in [2.45, 2.75) is 31.0 Å². The van der Waals surface area contributed by atoms with Crippen LogP contribution < -0.4 is 0 Å². The SMILES string of the molecule is CC(C)(C)c1ccc(C(Br)c2cccc(F)c2)s1. The Balaban J connectivity index is 2.29. The molecule has 0 nitrogen and oxygen atoms in total. The number of benzene rings is 1. The second-order valence-electron chi connectivity index (χ2n) is 5.37. The third-order valence-electron chi connectivity index (χ3n) is 2.76. The van der Waals surface area contributed by atoms with Crippen LogP contribution in [0.1, 0.15) is 40.9 Å². The predicted molar refractivity (Wildman–Crippen MR) is 80.2 cm³/mol. The molecule has 0 aliphatic heterocycles. The smallest absolute Gasteiger partial charge is 0.123 e. The maximum absolute atomic E-state index is 13.2. The molecule has 2 rings (SSSR count). The Hall–Kier alpha value is -0.670. The third kappa shape index (κ3) is 3.01. The fourth-order valence-electron chi connectivity index (χ4n) is 1.72. The van der Waals surface area contributed by atoms with Crippen LogP contribution in [0.15, 0.2) is 36.4 Å². The monoisotopic (exact) mass is 326 g/mol. The number of rotatable bonds is 2. The van der Waals surface area contributed by atoms with E-state index in [0.717, 1.165) is 5.56 Å². The highest BCUT2D eigenvalue weighted by molar-refractivity contribution is 9.09. The van der Waals surface area contributed by atoms with E-state index < -0.39 is 0 Å². The second kappa shape index (κ2) is 5.14. The molecule has 0 saturated carbocycles. The summed E-state index contributed by atoms with van der Waals surface area (Å²) in [7, 11) is 0. The molecule has 0 aliphatic rings. The van der Waals surface area contributed by atoms with Crippen molar-refractivity contribution in [3.63, 3.8) is 0 Å². The van der Waals surface area contributed by atoms with Crippen LogP contribution in [0, 0.1) is 5.82 Å². The fourth-order valence-corrected chi connectivity index (χ4v) is 3.51. The summed E-state index contributed by atoms with van der Waals surface area (Å²) in [6.45, 7) is 6.61. The quantitative estimate of drug-likeness (QED) is 0.624. The topological polar surface area (TPSA) is 0 Å². The number of hydrogen-bond donors (Lipinski definition) is 0. The molecular formula is C15H16BrFS. The zero-order chi connectivity index (χ0) is 13.3. The van der Waals surface area contributed by atoms with Crippen LogP contribution in [0.25, 0.3) is 0 Å². The van der Waals surface area contributed by atoms with Crippen molar-refractivity contribution in [2.24, 2.45) is 0 Å². The maximum Gasteiger partial charge on any atom is 0.123 e. The maximum atomic E-state index is 13.2. The first-order valence-electron chi connectivity index (χ1n) is 5.87. The van der Waals surface area contributed by atoms with Gasteiger partial charge in [0.1, 0.15) is 5.82 Å². The highest BCUT2D eigenvalue weighted by Gasteiger charge is 2.19. The molecule has 18 heavy (non-hydrogen) atoms. The third-order valence-corrected chi connectivity index (χ3v) is 5.66. The summed E-state index contributed by atoms with van der Waals surface area (Å²) in [6.07, 6.45) is 0. The summed E-state index contributed by atoms with van der Waals surface area (Å²) < 4.78 is 13.2. The van der Waals surface area contributed by atoms with Gasteiger partial charge in [-0.1, -0.05) is 48.8 Å². The average molecular weight is 327 g/mol. The van der Waals surface area contributed by atoms with Crippen LogP contribution in [0.5, 0.6) is 0 Å². The van der Waals surface area contributed by atoms with Crippen LogP contribution in [-0.2, 0) is 5.41 Å². The summed E-state index contributed by atoms with van der Waals surface area (Å²) in [6, 6.07) is 11.0. The van der Waals surface area contributed by atoms with Gasteiger partial charge in [-0.05, 0) is 35.2 Å². The number of hydrogen-bond acceptors (Lipinski definition) is 1. The number of alkyl halides is 1. The standard InChI is InChI=1S/C15H16BrFS/c1-15(2,3)13-8-7-12(18-13)14(16)10-5-4-6-11(17)9-10/h4-9,14H,1-3H3. The molecule has 2 aromatic rings. The summed E-state index contributed by atoms with van der Waals surface area (Å²) in [4.78, 5) is 2.62. The average Bonchev–Trinajstić information content (AvgIpc) is 2.77. The summed E-state index contributed by atoms with van der Waals surface area (Å²) >= 11 is 5.43. The van der Waals surface area contributed by atoms with E-state index in [9.17, 15) is 4.39 Å². The van der Waals surface area contributed by atoms with E-state index in [1.54, 1.807) is 23.5 Å². The lowest BCUT2D eigenvalue weighted by atomic mass is 9.95. The fraction of sp³-hybridized carbons (Fsp3) is 0.333. The second-order valence-corrected chi connectivity index (χ2v) is 7.40. The lowest BCUT2D eigenvalue weighted by molar-refractivity contribution is 0.604. The lowest BCUT2D eigenvalue weighted by Gasteiger charge is -2.15. The molecule has 0 saturated heterocycles. The van der Waals surface area contributed by atoms with Gasteiger partial charge in [0.2, 0.25) is 0 Å². The molecule has 0 N–H and O–H groups in total. The number of thiophene rings is 1. The first kappa shape index (κ1) is 13.8. The van der Waals surface area contributed by atoms with Gasteiger partial charge in [-0.25, -0.2) is 4.39 Å². The van der Waals surface area contributed by atoms with Crippen LogP contribution in [0.2, 0.25) is 0 Å². The van der Waals surface area contributed by atoms with E-state index in [0.29, 0.717) is 0 Å². The Morgan fingerprint density at radius 1 is 1.17 bits per heavy atom. The molecular weight excluding hydrogens is 311 g/mol. The summed E-state index contributed by atoms with van der Waals surface area (Å²) in [5, 5.41) is 0. The Kier molecular flexibility index (Phi) is 3.93. The summed E-state index contributed by atoms with van der Waals surface area (Å²) in [5.41, 5.74) is 1.12. The van der Waals surface area contributed by atoms with E-state index in [2.05, 4.69) is 48.8 Å². The molecule has 0 aliphatic carbocycles. The van der Waals surface area contributed by atoms with Crippen molar-refractivity contribution >= 4 is 27.3 Å². The van der Waals surface area contributed by atoms with Gasteiger partial charge >= 0.3 is 0 Å². The molecule has 0 amide bonds. The van der Waals surface area contributed by atoms with Crippen molar-refractivity contribution in [1.29, 1.82) is 0 Å². The first-order valence-corrected chi connectivity index (χ1v) is 7.61. The molecule has 3 heteroatoms.